The number of ether oxygens (including phenoxy) is 2. The molecule has 1 amide bonds. The molecule has 5 heteroatoms. The summed E-state index contributed by atoms with van der Waals surface area (Å²) in [7, 11) is 3.05. The molecule has 114 valence electrons. The highest BCUT2D eigenvalue weighted by Gasteiger charge is 2.07. The van der Waals surface area contributed by atoms with Gasteiger partial charge in [0.25, 0.3) is 0 Å². The van der Waals surface area contributed by atoms with Gasteiger partial charge >= 0.3 is 0 Å². The number of halogens is 1. The first-order valence-corrected chi connectivity index (χ1v) is 6.59. The number of methoxy groups -OCH3 is 2. The van der Waals surface area contributed by atoms with Crippen molar-refractivity contribution in [1.82, 2.24) is 0 Å². The van der Waals surface area contributed by atoms with Crippen LogP contribution in [0.3, 0.4) is 0 Å². The molecule has 0 fully saturated rings. The number of benzene rings is 2. The third-order valence-electron chi connectivity index (χ3n) is 2.94. The summed E-state index contributed by atoms with van der Waals surface area (Å²) in [6.45, 7) is 0. The van der Waals surface area contributed by atoms with Gasteiger partial charge in [-0.3, -0.25) is 4.79 Å². The minimum absolute atomic E-state index is 0.350. The number of hydrogen-bond donors (Lipinski definition) is 1. The summed E-state index contributed by atoms with van der Waals surface area (Å²) in [4.78, 5) is 12.0. The van der Waals surface area contributed by atoms with Crippen LogP contribution in [-0.4, -0.2) is 20.1 Å². The van der Waals surface area contributed by atoms with E-state index in [0.29, 0.717) is 22.7 Å². The lowest BCUT2D eigenvalue weighted by atomic mass is 10.2. The number of amides is 1. The fourth-order valence-electron chi connectivity index (χ4n) is 1.87. The average molecular weight is 301 g/mol. The molecule has 0 heterocycles. The minimum Gasteiger partial charge on any atom is -0.497 e. The van der Waals surface area contributed by atoms with Crippen molar-refractivity contribution in [2.75, 3.05) is 19.5 Å². The van der Waals surface area contributed by atoms with Crippen LogP contribution in [0.2, 0.25) is 0 Å². The molecule has 0 aliphatic carbocycles. The quantitative estimate of drug-likeness (QED) is 0.860. The van der Waals surface area contributed by atoms with Gasteiger partial charge in [0.15, 0.2) is 0 Å². The highest BCUT2D eigenvalue weighted by atomic mass is 19.1. The minimum atomic E-state index is -0.351. The lowest BCUT2D eigenvalue weighted by Crippen LogP contribution is -2.09. The Morgan fingerprint density at radius 1 is 1.14 bits per heavy atom. The molecule has 0 aliphatic rings. The maximum Gasteiger partial charge on any atom is 0.248 e. The van der Waals surface area contributed by atoms with E-state index in [1.807, 2.05) is 0 Å². The van der Waals surface area contributed by atoms with E-state index in [0.717, 1.165) is 0 Å². The van der Waals surface area contributed by atoms with Gasteiger partial charge in [-0.05, 0) is 35.9 Å². The summed E-state index contributed by atoms with van der Waals surface area (Å²) in [5.41, 5.74) is 1.10. The SMILES string of the molecule is COc1ccc(OC)c(NC(=O)/C=C/c2cccc(F)c2)c1. The lowest BCUT2D eigenvalue weighted by molar-refractivity contribution is -0.111. The van der Waals surface area contributed by atoms with E-state index in [1.165, 1.54) is 38.5 Å². The average Bonchev–Trinajstić information content (AvgIpc) is 2.53. The van der Waals surface area contributed by atoms with Gasteiger partial charge in [-0.25, -0.2) is 4.39 Å². The number of rotatable bonds is 5. The molecule has 2 aromatic carbocycles. The Balaban J connectivity index is 2.11. The van der Waals surface area contributed by atoms with Crippen molar-refractivity contribution in [2.45, 2.75) is 0 Å². The van der Waals surface area contributed by atoms with Crippen LogP contribution in [0.25, 0.3) is 6.08 Å². The predicted molar refractivity (Wildman–Crippen MR) is 83.6 cm³/mol. The molecule has 4 nitrogen and oxygen atoms in total. The van der Waals surface area contributed by atoms with Crippen LogP contribution in [0.1, 0.15) is 5.56 Å². The van der Waals surface area contributed by atoms with E-state index in [2.05, 4.69) is 5.32 Å². The van der Waals surface area contributed by atoms with Crippen LogP contribution < -0.4 is 14.8 Å². The summed E-state index contributed by atoms with van der Waals surface area (Å²) >= 11 is 0. The summed E-state index contributed by atoms with van der Waals surface area (Å²) in [6.07, 6.45) is 2.86. The Labute approximate surface area is 128 Å². The highest BCUT2D eigenvalue weighted by molar-refractivity contribution is 6.02. The van der Waals surface area contributed by atoms with Gasteiger partial charge in [0, 0.05) is 12.1 Å². The molecule has 0 atom stereocenters. The second-order valence-electron chi connectivity index (χ2n) is 4.44. The zero-order valence-electron chi connectivity index (χ0n) is 12.3. The Bertz CT molecular complexity index is 698. The summed E-state index contributed by atoms with van der Waals surface area (Å²) < 4.78 is 23.3. The van der Waals surface area contributed by atoms with Crippen LogP contribution in [0.5, 0.6) is 11.5 Å². The van der Waals surface area contributed by atoms with Gasteiger partial charge in [0.05, 0.1) is 19.9 Å². The molecule has 2 aromatic rings. The summed E-state index contributed by atoms with van der Waals surface area (Å²) in [5, 5.41) is 2.70. The van der Waals surface area contributed by atoms with Crippen molar-refractivity contribution in [3.63, 3.8) is 0 Å². The van der Waals surface area contributed by atoms with Crippen molar-refractivity contribution in [3.8, 4) is 11.5 Å². The van der Waals surface area contributed by atoms with Gasteiger partial charge in [-0.15, -0.1) is 0 Å². The number of nitrogens with one attached hydrogen (secondary N) is 1. The van der Waals surface area contributed by atoms with E-state index < -0.39 is 0 Å². The summed E-state index contributed by atoms with van der Waals surface area (Å²) in [5.74, 6) is 0.423. The standard InChI is InChI=1S/C17H16FNO3/c1-21-14-7-8-16(22-2)15(11-14)19-17(20)9-6-12-4-3-5-13(18)10-12/h3-11H,1-2H3,(H,19,20)/b9-6+. The zero-order chi connectivity index (χ0) is 15.9. The van der Waals surface area contributed by atoms with Gasteiger partial charge < -0.3 is 14.8 Å². The van der Waals surface area contributed by atoms with Gasteiger partial charge in [0.1, 0.15) is 17.3 Å². The predicted octanol–water partition coefficient (Wildman–Crippen LogP) is 3.49. The molecule has 0 radical (unpaired) electrons. The highest BCUT2D eigenvalue weighted by Crippen LogP contribution is 2.28. The zero-order valence-corrected chi connectivity index (χ0v) is 12.3. The van der Waals surface area contributed by atoms with Crippen LogP contribution >= 0.6 is 0 Å². The second kappa shape index (κ2) is 7.26. The third-order valence-corrected chi connectivity index (χ3v) is 2.94. The molecule has 0 saturated heterocycles. The Kier molecular flexibility index (Phi) is 5.14. The van der Waals surface area contributed by atoms with Gasteiger partial charge in [-0.1, -0.05) is 12.1 Å². The smallest absolute Gasteiger partial charge is 0.248 e. The molecule has 0 bridgehead atoms. The fraction of sp³-hybridized carbons (Fsp3) is 0.118. The maximum atomic E-state index is 13.1. The van der Waals surface area contributed by atoms with Crippen molar-refractivity contribution in [3.05, 3.63) is 59.9 Å². The van der Waals surface area contributed by atoms with Crippen molar-refractivity contribution in [1.29, 1.82) is 0 Å². The monoisotopic (exact) mass is 301 g/mol. The van der Waals surface area contributed by atoms with E-state index >= 15 is 0 Å². The van der Waals surface area contributed by atoms with Crippen LogP contribution in [0.15, 0.2) is 48.5 Å². The van der Waals surface area contributed by atoms with E-state index in [1.54, 1.807) is 30.3 Å². The first-order valence-electron chi connectivity index (χ1n) is 6.59. The van der Waals surface area contributed by atoms with E-state index in [9.17, 15) is 9.18 Å². The van der Waals surface area contributed by atoms with Gasteiger partial charge in [-0.2, -0.15) is 0 Å². The van der Waals surface area contributed by atoms with Crippen molar-refractivity contribution < 1.29 is 18.7 Å². The number of anilines is 1. The van der Waals surface area contributed by atoms with E-state index in [4.69, 9.17) is 9.47 Å². The maximum absolute atomic E-state index is 13.1. The molecule has 0 aromatic heterocycles. The number of hydrogen-bond acceptors (Lipinski definition) is 3. The molecule has 0 saturated carbocycles. The summed E-state index contributed by atoms with van der Waals surface area (Å²) in [6, 6.07) is 11.1. The van der Waals surface area contributed by atoms with Crippen LogP contribution in [0.4, 0.5) is 10.1 Å². The van der Waals surface area contributed by atoms with E-state index in [-0.39, 0.29) is 11.7 Å². The molecule has 22 heavy (non-hydrogen) atoms. The van der Waals surface area contributed by atoms with Gasteiger partial charge in [0.2, 0.25) is 5.91 Å². The normalized spacial score (nSPS) is 10.5. The number of carbonyl (C=O) groups excluding carboxylic acids is 1. The molecule has 0 unspecified atom stereocenters. The molecule has 0 aliphatic heterocycles. The second-order valence-corrected chi connectivity index (χ2v) is 4.44. The molecular formula is C17H16FNO3. The van der Waals surface area contributed by atoms with Crippen molar-refractivity contribution in [2.24, 2.45) is 0 Å². The lowest BCUT2D eigenvalue weighted by Gasteiger charge is -2.10. The Morgan fingerprint density at radius 3 is 2.64 bits per heavy atom. The molecular weight excluding hydrogens is 285 g/mol. The first-order chi connectivity index (χ1) is 10.6. The van der Waals surface area contributed by atoms with Crippen molar-refractivity contribution >= 4 is 17.7 Å². The third kappa shape index (κ3) is 4.09. The Morgan fingerprint density at radius 2 is 1.95 bits per heavy atom. The molecule has 1 N–H and O–H groups in total. The van der Waals surface area contributed by atoms with Crippen LogP contribution in [-0.2, 0) is 4.79 Å². The molecule has 0 spiro atoms. The molecule has 2 rings (SSSR count). The largest absolute Gasteiger partial charge is 0.497 e. The van der Waals surface area contributed by atoms with Crippen LogP contribution in [0, 0.1) is 5.82 Å². The Hall–Kier alpha value is -2.82. The topological polar surface area (TPSA) is 47.6 Å². The fourth-order valence-corrected chi connectivity index (χ4v) is 1.87. The number of carbonyl (C=O) groups is 1. The first kappa shape index (κ1) is 15.6.